The largest absolute Gasteiger partial charge is 0.333 e. The maximum atomic E-state index is 5.61. The Kier molecular flexibility index (Phi) is 4.07. The molecule has 2 rings (SSSR count). The Labute approximate surface area is 106 Å². The topological polar surface area (TPSA) is 54.7 Å². The van der Waals surface area contributed by atoms with Crippen molar-refractivity contribution in [3.8, 4) is 0 Å². The fourth-order valence-electron chi connectivity index (χ4n) is 1.85. The number of rotatable bonds is 5. The van der Waals surface area contributed by atoms with Crippen molar-refractivity contribution in [3.63, 3.8) is 0 Å². The van der Waals surface area contributed by atoms with Gasteiger partial charge < -0.3 is 10.7 Å². The molecule has 0 aliphatic rings. The first-order valence-electron chi connectivity index (χ1n) is 6.06. The van der Waals surface area contributed by atoms with Gasteiger partial charge in [0.2, 0.25) is 0 Å². The first kappa shape index (κ1) is 12.5. The monoisotopic (exact) mass is 249 g/mol. The first-order chi connectivity index (χ1) is 8.22. The molecule has 0 saturated heterocycles. The lowest BCUT2D eigenvalue weighted by atomic mass is 10.2. The number of thioether (sulfide) groups is 1. The van der Waals surface area contributed by atoms with Crippen molar-refractivity contribution in [1.29, 1.82) is 0 Å². The second kappa shape index (κ2) is 5.56. The van der Waals surface area contributed by atoms with Crippen molar-refractivity contribution >= 4 is 22.8 Å². The second-order valence-corrected chi connectivity index (χ2v) is 5.58. The summed E-state index contributed by atoms with van der Waals surface area (Å²) in [6.45, 7) is 5.03. The first-order valence-corrected chi connectivity index (χ1v) is 6.94. The number of fused-ring (bicyclic) bond motifs is 1. The zero-order valence-corrected chi connectivity index (χ0v) is 11.2. The quantitative estimate of drug-likeness (QED) is 0.801. The molecule has 92 valence electrons. The summed E-state index contributed by atoms with van der Waals surface area (Å²) in [6, 6.07) is 6.29. The second-order valence-electron chi connectivity index (χ2n) is 4.29. The summed E-state index contributed by atoms with van der Waals surface area (Å²) < 4.78 is 0. The molecule has 2 aromatic rings. The van der Waals surface area contributed by atoms with Crippen molar-refractivity contribution in [1.82, 2.24) is 9.97 Å². The van der Waals surface area contributed by atoms with E-state index in [1.165, 1.54) is 5.56 Å². The summed E-state index contributed by atoms with van der Waals surface area (Å²) in [6.07, 6.45) is 2.16. The molecule has 1 aromatic heterocycles. The van der Waals surface area contributed by atoms with Crippen molar-refractivity contribution in [3.05, 3.63) is 23.8 Å². The van der Waals surface area contributed by atoms with E-state index in [1.807, 2.05) is 0 Å². The zero-order valence-electron chi connectivity index (χ0n) is 10.4. The number of hydrogen-bond acceptors (Lipinski definition) is 3. The molecule has 0 spiro atoms. The molecule has 1 aromatic carbocycles. The number of aromatic amines is 1. The van der Waals surface area contributed by atoms with Gasteiger partial charge in [-0.05, 0) is 44.0 Å². The van der Waals surface area contributed by atoms with E-state index in [0.29, 0.717) is 5.25 Å². The zero-order chi connectivity index (χ0) is 12.3. The highest BCUT2D eigenvalue weighted by atomic mass is 32.2. The van der Waals surface area contributed by atoms with Crippen LogP contribution in [0.4, 0.5) is 0 Å². The molecule has 17 heavy (non-hydrogen) atoms. The molecule has 0 aliphatic heterocycles. The van der Waals surface area contributed by atoms with E-state index in [1.54, 1.807) is 11.8 Å². The highest BCUT2D eigenvalue weighted by Gasteiger charge is 2.10. The van der Waals surface area contributed by atoms with E-state index in [4.69, 9.17) is 5.73 Å². The number of nitrogens with two attached hydrogens (primary N) is 1. The van der Waals surface area contributed by atoms with Crippen LogP contribution in [0.5, 0.6) is 0 Å². The van der Waals surface area contributed by atoms with E-state index < -0.39 is 0 Å². The maximum absolute atomic E-state index is 5.61. The minimum Gasteiger partial charge on any atom is -0.333 e. The van der Waals surface area contributed by atoms with Crippen molar-refractivity contribution in [2.75, 3.05) is 6.54 Å². The number of aromatic nitrogens is 2. The van der Waals surface area contributed by atoms with E-state index in [9.17, 15) is 0 Å². The molecule has 4 heteroatoms. The number of H-pyrrole nitrogens is 1. The predicted octanol–water partition coefficient (Wildman–Crippen LogP) is 3.09. The van der Waals surface area contributed by atoms with Crippen LogP contribution in [0, 0.1) is 6.92 Å². The van der Waals surface area contributed by atoms with Crippen LogP contribution < -0.4 is 5.73 Å². The number of nitrogens with zero attached hydrogens (tertiary/aromatic N) is 1. The minimum atomic E-state index is 0.557. The van der Waals surface area contributed by atoms with Gasteiger partial charge in [-0.3, -0.25) is 0 Å². The van der Waals surface area contributed by atoms with Gasteiger partial charge in [-0.1, -0.05) is 24.8 Å². The van der Waals surface area contributed by atoms with Crippen molar-refractivity contribution in [2.24, 2.45) is 5.73 Å². The number of nitrogens with one attached hydrogen (secondary N) is 1. The Hall–Kier alpha value is -1.00. The van der Waals surface area contributed by atoms with E-state index in [-0.39, 0.29) is 0 Å². The van der Waals surface area contributed by atoms with Gasteiger partial charge in [-0.15, -0.1) is 0 Å². The number of hydrogen-bond donors (Lipinski definition) is 2. The molecule has 1 heterocycles. The molecule has 1 unspecified atom stereocenters. The molecule has 0 saturated carbocycles. The highest BCUT2D eigenvalue weighted by molar-refractivity contribution is 7.99. The van der Waals surface area contributed by atoms with Crippen LogP contribution in [0.3, 0.4) is 0 Å². The molecule has 0 fully saturated rings. The molecule has 0 aliphatic carbocycles. The third-order valence-corrected chi connectivity index (χ3v) is 4.16. The summed E-state index contributed by atoms with van der Waals surface area (Å²) in [5.41, 5.74) is 9.03. The van der Waals surface area contributed by atoms with Crippen LogP contribution in [0.15, 0.2) is 23.4 Å². The Bertz CT molecular complexity index is 492. The molecule has 0 bridgehead atoms. The van der Waals surface area contributed by atoms with Gasteiger partial charge >= 0.3 is 0 Å². The van der Waals surface area contributed by atoms with Crippen LogP contribution in [0.1, 0.15) is 25.3 Å². The Morgan fingerprint density at radius 1 is 1.47 bits per heavy atom. The van der Waals surface area contributed by atoms with Gasteiger partial charge in [-0.25, -0.2) is 4.98 Å². The minimum absolute atomic E-state index is 0.557. The highest BCUT2D eigenvalue weighted by Crippen LogP contribution is 2.27. The van der Waals surface area contributed by atoms with Gasteiger partial charge in [-0.2, -0.15) is 0 Å². The smallest absolute Gasteiger partial charge is 0.166 e. The average molecular weight is 249 g/mol. The van der Waals surface area contributed by atoms with Crippen LogP contribution in [-0.4, -0.2) is 21.8 Å². The summed E-state index contributed by atoms with van der Waals surface area (Å²) in [5.74, 6) is 0. The van der Waals surface area contributed by atoms with E-state index >= 15 is 0 Å². The van der Waals surface area contributed by atoms with Crippen molar-refractivity contribution < 1.29 is 0 Å². The van der Waals surface area contributed by atoms with Gasteiger partial charge in [0.25, 0.3) is 0 Å². The Balaban J connectivity index is 2.18. The third kappa shape index (κ3) is 3.01. The molecule has 0 amide bonds. The fourth-order valence-corrected chi connectivity index (χ4v) is 2.90. The summed E-state index contributed by atoms with van der Waals surface area (Å²) in [5, 5.41) is 1.56. The molecule has 1 atom stereocenters. The van der Waals surface area contributed by atoms with E-state index in [2.05, 4.69) is 42.0 Å². The Morgan fingerprint density at radius 2 is 2.29 bits per heavy atom. The lowest BCUT2D eigenvalue weighted by Crippen LogP contribution is -2.09. The summed E-state index contributed by atoms with van der Waals surface area (Å²) >= 11 is 1.80. The number of aryl methyl sites for hydroxylation is 1. The predicted molar refractivity (Wildman–Crippen MR) is 74.4 cm³/mol. The van der Waals surface area contributed by atoms with Gasteiger partial charge in [0.1, 0.15) is 0 Å². The normalized spacial score (nSPS) is 13.1. The fraction of sp³-hybridized carbons (Fsp3) is 0.462. The van der Waals surface area contributed by atoms with Gasteiger partial charge in [0.05, 0.1) is 11.0 Å². The lowest BCUT2D eigenvalue weighted by Gasteiger charge is -2.10. The van der Waals surface area contributed by atoms with Crippen molar-refractivity contribution in [2.45, 2.75) is 37.1 Å². The maximum Gasteiger partial charge on any atom is 0.166 e. The van der Waals surface area contributed by atoms with Crippen LogP contribution >= 0.6 is 11.8 Å². The summed E-state index contributed by atoms with van der Waals surface area (Å²) in [4.78, 5) is 7.96. The third-order valence-electron chi connectivity index (χ3n) is 2.84. The molecular formula is C13H19N3S. The standard InChI is InChI=1S/C13H19N3S/c1-3-10(6-7-14)17-13-15-11-5-4-9(2)8-12(11)16-13/h4-5,8,10H,3,6-7,14H2,1-2H3,(H,15,16). The number of benzene rings is 1. The SMILES string of the molecule is CCC(CCN)Sc1nc2ccc(C)cc2[nH]1. The summed E-state index contributed by atoms with van der Waals surface area (Å²) in [7, 11) is 0. The lowest BCUT2D eigenvalue weighted by molar-refractivity contribution is 0.742. The molecule has 3 nitrogen and oxygen atoms in total. The molecule has 3 N–H and O–H groups in total. The van der Waals surface area contributed by atoms with Crippen LogP contribution in [0.2, 0.25) is 0 Å². The van der Waals surface area contributed by atoms with E-state index in [0.717, 1.165) is 35.6 Å². The number of imidazole rings is 1. The van der Waals surface area contributed by atoms with Crippen LogP contribution in [0.25, 0.3) is 11.0 Å². The molecular weight excluding hydrogens is 230 g/mol. The van der Waals surface area contributed by atoms with Crippen LogP contribution in [-0.2, 0) is 0 Å². The van der Waals surface area contributed by atoms with Gasteiger partial charge in [0.15, 0.2) is 5.16 Å². The Morgan fingerprint density at radius 3 is 3.00 bits per heavy atom. The molecule has 0 radical (unpaired) electrons. The average Bonchev–Trinajstić information content (AvgIpc) is 2.69. The van der Waals surface area contributed by atoms with Gasteiger partial charge in [0, 0.05) is 5.25 Å².